The molecule has 0 aliphatic heterocycles. The summed E-state index contributed by atoms with van der Waals surface area (Å²) in [5.74, 6) is 0. The fraction of sp³-hybridized carbons (Fsp3) is 0.826. The summed E-state index contributed by atoms with van der Waals surface area (Å²) >= 11 is 0. The zero-order chi connectivity index (χ0) is 20.9. The number of rotatable bonds is 16. The van der Waals surface area contributed by atoms with Crippen LogP contribution >= 0.6 is 0 Å². The lowest BCUT2D eigenvalue weighted by atomic mass is 9.79. The van der Waals surface area contributed by atoms with Crippen molar-refractivity contribution in [1.29, 1.82) is 0 Å². The Morgan fingerprint density at radius 1 is 0.929 bits per heavy atom. The van der Waals surface area contributed by atoms with Gasteiger partial charge in [-0.15, -0.1) is 0 Å². The standard InChI is InChI=1S/C23H42O4S/c1-4-6-8-10-12-14-17-21-18-16-19-22(28(24,25)26)23(21,27-3)20-15-13-11-9-7-5-2/h16,18-19,22H,4-15,17,20H2,1-3H3,(H,24,25,26). The Balaban J connectivity index is 2.78. The Kier molecular flexibility index (Phi) is 12.3. The van der Waals surface area contributed by atoms with Gasteiger partial charge in [0.25, 0.3) is 10.1 Å². The Hall–Kier alpha value is -0.650. The zero-order valence-electron chi connectivity index (χ0n) is 18.3. The largest absolute Gasteiger partial charge is 0.372 e. The lowest BCUT2D eigenvalue weighted by Gasteiger charge is -2.41. The summed E-state index contributed by atoms with van der Waals surface area (Å²) in [6, 6.07) is 0. The van der Waals surface area contributed by atoms with E-state index < -0.39 is 21.0 Å². The van der Waals surface area contributed by atoms with Crippen molar-refractivity contribution in [3.05, 3.63) is 23.8 Å². The first-order valence-electron chi connectivity index (χ1n) is 11.3. The number of allylic oxidation sites excluding steroid dienone is 2. The van der Waals surface area contributed by atoms with Crippen LogP contribution < -0.4 is 0 Å². The van der Waals surface area contributed by atoms with Crippen molar-refractivity contribution in [3.8, 4) is 0 Å². The van der Waals surface area contributed by atoms with Gasteiger partial charge in [0.05, 0.1) is 0 Å². The topological polar surface area (TPSA) is 63.6 Å². The smallest absolute Gasteiger partial charge is 0.274 e. The number of ether oxygens (including phenoxy) is 1. The molecule has 0 spiro atoms. The first-order chi connectivity index (χ1) is 13.4. The molecule has 1 N–H and O–H groups in total. The van der Waals surface area contributed by atoms with Crippen LogP contribution in [0.5, 0.6) is 0 Å². The summed E-state index contributed by atoms with van der Waals surface area (Å²) in [5, 5.41) is -1.01. The maximum absolute atomic E-state index is 12.1. The van der Waals surface area contributed by atoms with Crippen LogP contribution in [0, 0.1) is 0 Å². The van der Waals surface area contributed by atoms with Gasteiger partial charge in [-0.1, -0.05) is 103 Å². The minimum Gasteiger partial charge on any atom is -0.372 e. The van der Waals surface area contributed by atoms with Crippen molar-refractivity contribution >= 4 is 10.1 Å². The van der Waals surface area contributed by atoms with E-state index in [1.807, 2.05) is 6.08 Å². The fourth-order valence-corrected chi connectivity index (χ4v) is 5.44. The minimum absolute atomic E-state index is 0.631. The third-order valence-corrected chi connectivity index (χ3v) is 7.15. The first-order valence-corrected chi connectivity index (χ1v) is 12.8. The first kappa shape index (κ1) is 25.4. The molecule has 0 radical (unpaired) electrons. The maximum Gasteiger partial charge on any atom is 0.274 e. The molecule has 0 heterocycles. The number of methoxy groups -OCH3 is 1. The van der Waals surface area contributed by atoms with Gasteiger partial charge in [-0.2, -0.15) is 8.42 Å². The molecule has 1 rings (SSSR count). The second kappa shape index (κ2) is 13.6. The highest BCUT2D eigenvalue weighted by atomic mass is 32.2. The van der Waals surface area contributed by atoms with E-state index in [2.05, 4.69) is 13.8 Å². The molecule has 28 heavy (non-hydrogen) atoms. The molecule has 0 fully saturated rings. The molecule has 0 aromatic rings. The van der Waals surface area contributed by atoms with Crippen molar-refractivity contribution in [1.82, 2.24) is 0 Å². The Labute approximate surface area is 173 Å². The Bertz CT molecular complexity index is 579. The fourth-order valence-electron chi connectivity index (χ4n) is 4.30. The Morgan fingerprint density at radius 2 is 1.46 bits per heavy atom. The predicted molar refractivity (Wildman–Crippen MR) is 118 cm³/mol. The van der Waals surface area contributed by atoms with Crippen molar-refractivity contribution in [3.63, 3.8) is 0 Å². The van der Waals surface area contributed by atoms with E-state index >= 15 is 0 Å². The summed E-state index contributed by atoms with van der Waals surface area (Å²) in [6.07, 6.45) is 20.8. The van der Waals surface area contributed by atoms with Crippen molar-refractivity contribution in [2.45, 2.75) is 115 Å². The number of hydrogen-bond donors (Lipinski definition) is 1. The van der Waals surface area contributed by atoms with Gasteiger partial charge in [-0.3, -0.25) is 4.55 Å². The molecule has 1 aliphatic rings. The van der Waals surface area contributed by atoms with Crippen molar-refractivity contribution < 1.29 is 17.7 Å². The molecule has 0 aromatic carbocycles. The average Bonchev–Trinajstić information content (AvgIpc) is 2.67. The molecule has 0 aromatic heterocycles. The van der Waals surface area contributed by atoms with Crippen LogP contribution in [0.1, 0.15) is 104 Å². The minimum atomic E-state index is -4.23. The van der Waals surface area contributed by atoms with Crippen molar-refractivity contribution in [2.75, 3.05) is 7.11 Å². The van der Waals surface area contributed by atoms with E-state index in [0.29, 0.717) is 6.42 Å². The molecule has 0 saturated carbocycles. The van der Waals surface area contributed by atoms with Gasteiger partial charge in [0, 0.05) is 7.11 Å². The lowest BCUT2D eigenvalue weighted by Crippen LogP contribution is -2.50. The van der Waals surface area contributed by atoms with E-state index in [1.54, 1.807) is 19.3 Å². The van der Waals surface area contributed by atoms with Crippen LogP contribution in [-0.2, 0) is 14.9 Å². The van der Waals surface area contributed by atoms with Crippen LogP contribution in [0.15, 0.2) is 23.8 Å². The van der Waals surface area contributed by atoms with Crippen molar-refractivity contribution in [2.24, 2.45) is 0 Å². The molecule has 0 bridgehead atoms. The molecule has 2 atom stereocenters. The molecular formula is C23H42O4S. The SMILES string of the molecule is CCCCCCCCC1=CC=CC(S(=O)(=O)O)C1(CCCCCCCC)OC. The van der Waals surface area contributed by atoms with E-state index in [0.717, 1.165) is 44.1 Å². The van der Waals surface area contributed by atoms with Gasteiger partial charge in [-0.05, 0) is 24.8 Å². The quantitative estimate of drug-likeness (QED) is 0.227. The highest BCUT2D eigenvalue weighted by Crippen LogP contribution is 2.40. The van der Waals surface area contributed by atoms with Gasteiger partial charge in [0.2, 0.25) is 0 Å². The van der Waals surface area contributed by atoms with E-state index in [-0.39, 0.29) is 0 Å². The normalized spacial score (nSPS) is 22.4. The van der Waals surface area contributed by atoms with E-state index in [1.165, 1.54) is 44.9 Å². The summed E-state index contributed by atoms with van der Waals surface area (Å²) in [7, 11) is -2.64. The van der Waals surface area contributed by atoms with Gasteiger partial charge in [-0.25, -0.2) is 0 Å². The molecule has 2 unspecified atom stereocenters. The molecule has 1 aliphatic carbocycles. The number of hydrogen-bond acceptors (Lipinski definition) is 3. The molecular weight excluding hydrogens is 372 g/mol. The lowest BCUT2D eigenvalue weighted by molar-refractivity contribution is 0.0121. The van der Waals surface area contributed by atoms with Crippen LogP contribution in [-0.4, -0.2) is 30.9 Å². The van der Waals surface area contributed by atoms with E-state index in [4.69, 9.17) is 4.74 Å². The van der Waals surface area contributed by atoms with Gasteiger partial charge in [0.15, 0.2) is 0 Å². The summed E-state index contributed by atoms with van der Waals surface area (Å²) in [4.78, 5) is 0. The zero-order valence-corrected chi connectivity index (χ0v) is 19.1. The average molecular weight is 415 g/mol. The summed E-state index contributed by atoms with van der Waals surface area (Å²) in [5.41, 5.74) is 0.0837. The van der Waals surface area contributed by atoms with Crippen LogP contribution in [0.3, 0.4) is 0 Å². The van der Waals surface area contributed by atoms with Gasteiger partial charge >= 0.3 is 0 Å². The molecule has 4 nitrogen and oxygen atoms in total. The third kappa shape index (κ3) is 8.00. The van der Waals surface area contributed by atoms with Crippen LogP contribution in [0.25, 0.3) is 0 Å². The van der Waals surface area contributed by atoms with Crippen LogP contribution in [0.2, 0.25) is 0 Å². The highest BCUT2D eigenvalue weighted by Gasteiger charge is 2.47. The molecule has 5 heteroatoms. The van der Waals surface area contributed by atoms with Gasteiger partial charge < -0.3 is 4.74 Å². The monoisotopic (exact) mass is 414 g/mol. The highest BCUT2D eigenvalue weighted by molar-refractivity contribution is 7.86. The molecule has 0 amide bonds. The molecule has 0 saturated heterocycles. The van der Waals surface area contributed by atoms with Gasteiger partial charge in [0.1, 0.15) is 10.9 Å². The number of unbranched alkanes of at least 4 members (excludes halogenated alkanes) is 10. The summed E-state index contributed by atoms with van der Waals surface area (Å²) < 4.78 is 40.0. The predicted octanol–water partition coefficient (Wildman–Crippen LogP) is 6.63. The Morgan fingerprint density at radius 3 is 2.00 bits per heavy atom. The maximum atomic E-state index is 12.1. The van der Waals surface area contributed by atoms with Crippen LogP contribution in [0.4, 0.5) is 0 Å². The summed E-state index contributed by atoms with van der Waals surface area (Å²) in [6.45, 7) is 4.41. The second-order valence-electron chi connectivity index (χ2n) is 8.14. The third-order valence-electron chi connectivity index (χ3n) is 5.97. The van der Waals surface area contributed by atoms with E-state index in [9.17, 15) is 13.0 Å². The molecule has 164 valence electrons. The second-order valence-corrected chi connectivity index (χ2v) is 9.68.